The molecule has 2 fully saturated rings. The van der Waals surface area contributed by atoms with Crippen LogP contribution in [-0.2, 0) is 38.8 Å². The van der Waals surface area contributed by atoms with Gasteiger partial charge in [0.1, 0.15) is 12.7 Å². The van der Waals surface area contributed by atoms with Crippen molar-refractivity contribution < 1.29 is 27.8 Å². The van der Waals surface area contributed by atoms with E-state index in [0.29, 0.717) is 30.5 Å². The van der Waals surface area contributed by atoms with Crippen molar-refractivity contribution in [3.8, 4) is 11.5 Å². The van der Waals surface area contributed by atoms with E-state index < -0.39 is 34.1 Å². The second-order valence-corrected chi connectivity index (χ2v) is 15.8. The van der Waals surface area contributed by atoms with Crippen LogP contribution < -0.4 is 9.47 Å². The molecule has 2 heterocycles. The molecule has 7 rings (SSSR count). The van der Waals surface area contributed by atoms with Crippen LogP contribution in [0.2, 0.25) is 0 Å². The molecule has 2 aliphatic heterocycles. The van der Waals surface area contributed by atoms with Crippen molar-refractivity contribution in [2.45, 2.75) is 75.3 Å². The average Bonchev–Trinajstić information content (AvgIpc) is 3.40. The van der Waals surface area contributed by atoms with Gasteiger partial charge in [-0.05, 0) is 73.2 Å². The van der Waals surface area contributed by atoms with Gasteiger partial charge in [0.25, 0.3) is 0 Å². The number of rotatable bonds is 11. The van der Waals surface area contributed by atoms with Crippen molar-refractivity contribution in [2.75, 3.05) is 26.2 Å². The number of carbonyl (C=O) groups is 1. The van der Waals surface area contributed by atoms with E-state index in [1.807, 2.05) is 30.3 Å². The summed E-state index contributed by atoms with van der Waals surface area (Å²) in [6, 6.07) is 23.8. The van der Waals surface area contributed by atoms with Gasteiger partial charge in [0.15, 0.2) is 11.5 Å². The zero-order chi connectivity index (χ0) is 32.1. The number of aliphatic hydroxyl groups excluding tert-OH is 1. The summed E-state index contributed by atoms with van der Waals surface area (Å²) < 4.78 is 43.0. The molecule has 46 heavy (non-hydrogen) atoms. The summed E-state index contributed by atoms with van der Waals surface area (Å²) in [5, 5.41) is 9.48. The van der Waals surface area contributed by atoms with Gasteiger partial charge in [-0.3, -0.25) is 4.90 Å². The summed E-state index contributed by atoms with van der Waals surface area (Å²) in [7, 11) is -3.69. The van der Waals surface area contributed by atoms with Gasteiger partial charge >= 0.3 is 5.97 Å². The maximum absolute atomic E-state index is 14.3. The third-order valence-corrected chi connectivity index (χ3v) is 12.6. The molecular weight excluding hydrogens is 600 g/mol. The number of piperidine rings is 1. The molecule has 0 amide bonds. The minimum absolute atomic E-state index is 0.0618. The zero-order valence-corrected chi connectivity index (χ0v) is 27.5. The molecule has 3 aromatic rings. The summed E-state index contributed by atoms with van der Waals surface area (Å²) >= 11 is 0. The Balaban J connectivity index is 1.28. The van der Waals surface area contributed by atoms with Gasteiger partial charge in [0.05, 0.1) is 11.8 Å². The van der Waals surface area contributed by atoms with Crippen LogP contribution in [0.5, 0.6) is 11.5 Å². The third-order valence-electron chi connectivity index (χ3n) is 10.7. The molecule has 1 saturated heterocycles. The van der Waals surface area contributed by atoms with Gasteiger partial charge in [0.2, 0.25) is 10.0 Å². The highest BCUT2D eigenvalue weighted by atomic mass is 32.2. The van der Waals surface area contributed by atoms with Crippen LogP contribution in [-0.4, -0.2) is 73.1 Å². The van der Waals surface area contributed by atoms with Gasteiger partial charge in [0, 0.05) is 30.1 Å². The first kappa shape index (κ1) is 31.4. The number of ether oxygens (including phenoxy) is 2. The maximum atomic E-state index is 14.3. The number of hydrogen-bond acceptors (Lipinski definition) is 7. The summed E-state index contributed by atoms with van der Waals surface area (Å²) in [5.74, 6) is 0.479. The largest absolute Gasteiger partial charge is 0.484 e. The Morgan fingerprint density at radius 3 is 2.46 bits per heavy atom. The van der Waals surface area contributed by atoms with Crippen molar-refractivity contribution in [1.29, 1.82) is 0 Å². The lowest BCUT2D eigenvalue weighted by molar-refractivity contribution is -0.137. The fourth-order valence-electron chi connectivity index (χ4n) is 9.00. The van der Waals surface area contributed by atoms with Gasteiger partial charge in [-0.1, -0.05) is 80.6 Å². The maximum Gasteiger partial charge on any atom is 0.337 e. The lowest BCUT2D eigenvalue weighted by Gasteiger charge is -2.60. The zero-order valence-electron chi connectivity index (χ0n) is 26.7. The molecule has 0 radical (unpaired) electrons. The van der Waals surface area contributed by atoms with Crippen LogP contribution in [0.3, 0.4) is 0 Å². The van der Waals surface area contributed by atoms with Crippen molar-refractivity contribution in [1.82, 2.24) is 9.21 Å². The lowest BCUT2D eigenvalue weighted by Crippen LogP contribution is -2.69. The highest BCUT2D eigenvalue weighted by molar-refractivity contribution is 7.88. The smallest absolute Gasteiger partial charge is 0.337 e. The van der Waals surface area contributed by atoms with Crippen LogP contribution in [0.4, 0.5) is 0 Å². The van der Waals surface area contributed by atoms with Crippen LogP contribution in [0.1, 0.15) is 55.4 Å². The normalized spacial score (nSPS) is 26.5. The third kappa shape index (κ3) is 5.45. The second-order valence-electron chi connectivity index (χ2n) is 13.9. The number of nitrogens with zero attached hydrogens (tertiary/aromatic N) is 2. The summed E-state index contributed by atoms with van der Waals surface area (Å²) in [6.45, 7) is 5.66. The molecule has 2 unspecified atom stereocenters. The predicted molar refractivity (Wildman–Crippen MR) is 176 cm³/mol. The Morgan fingerprint density at radius 2 is 1.76 bits per heavy atom. The summed E-state index contributed by atoms with van der Waals surface area (Å²) in [4.78, 5) is 14.9. The molecule has 1 N–H and O–H groups in total. The van der Waals surface area contributed by atoms with E-state index in [0.717, 1.165) is 49.9 Å². The predicted octanol–water partition coefficient (Wildman–Crippen LogP) is 4.72. The Morgan fingerprint density at radius 1 is 1.04 bits per heavy atom. The van der Waals surface area contributed by atoms with Crippen molar-refractivity contribution >= 4 is 16.0 Å². The van der Waals surface area contributed by atoms with E-state index in [4.69, 9.17) is 9.47 Å². The number of likely N-dealkylation sites (tertiary alicyclic amines) is 1. The van der Waals surface area contributed by atoms with Gasteiger partial charge in [-0.15, -0.1) is 0 Å². The molecule has 3 aromatic carbocycles. The highest BCUT2D eigenvalue weighted by Gasteiger charge is 2.67. The van der Waals surface area contributed by atoms with Crippen molar-refractivity contribution in [3.63, 3.8) is 0 Å². The first-order chi connectivity index (χ1) is 22.2. The van der Waals surface area contributed by atoms with Crippen LogP contribution in [0.25, 0.3) is 0 Å². The topological polar surface area (TPSA) is 96.4 Å². The Labute approximate surface area is 272 Å². The van der Waals surface area contributed by atoms with E-state index in [-0.39, 0.29) is 23.6 Å². The molecular formula is C37H44N2O6S. The summed E-state index contributed by atoms with van der Waals surface area (Å²) in [5.41, 5.74) is 3.99. The van der Waals surface area contributed by atoms with Gasteiger partial charge in [-0.2, -0.15) is 4.31 Å². The van der Waals surface area contributed by atoms with Crippen LogP contribution >= 0.6 is 0 Å². The average molecular weight is 645 g/mol. The highest BCUT2D eigenvalue weighted by Crippen LogP contribution is 2.64. The Kier molecular flexibility index (Phi) is 8.46. The molecule has 244 valence electrons. The molecule has 0 aromatic heterocycles. The number of benzene rings is 3. The fraction of sp³-hybridized carbons (Fsp3) is 0.486. The Bertz CT molecular complexity index is 1680. The Hall–Kier alpha value is -3.24. The second kappa shape index (κ2) is 12.4. The number of aliphatic hydroxyl groups is 1. The minimum Gasteiger partial charge on any atom is -0.484 e. The number of sulfonamides is 1. The number of esters is 1. The molecule has 1 saturated carbocycles. The number of hydrogen-bond donors (Lipinski definition) is 1. The van der Waals surface area contributed by atoms with Crippen molar-refractivity contribution in [2.24, 2.45) is 11.8 Å². The van der Waals surface area contributed by atoms with Crippen LogP contribution in [0, 0.1) is 11.8 Å². The molecule has 2 aliphatic carbocycles. The molecule has 2 bridgehead atoms. The van der Waals surface area contributed by atoms with Gasteiger partial charge < -0.3 is 14.6 Å². The fourth-order valence-corrected chi connectivity index (χ4v) is 10.9. The molecule has 4 aliphatic rings. The van der Waals surface area contributed by atoms with E-state index in [1.54, 1.807) is 10.4 Å². The quantitative estimate of drug-likeness (QED) is 0.238. The minimum atomic E-state index is -3.69. The molecule has 9 heteroatoms. The van der Waals surface area contributed by atoms with Gasteiger partial charge in [-0.25, -0.2) is 13.2 Å². The van der Waals surface area contributed by atoms with E-state index in [9.17, 15) is 18.3 Å². The first-order valence-corrected chi connectivity index (χ1v) is 18.3. The lowest BCUT2D eigenvalue weighted by atomic mass is 9.51. The van der Waals surface area contributed by atoms with Crippen molar-refractivity contribution in [3.05, 3.63) is 95.1 Å². The SMILES string of the molecule is CC(C)CN(C1CC[C@H]2[C@H]3Cc4ccc(OC(=O)CO)c5c4[C@@]2(CCN3CCc2ccccc2)C1O5)S(=O)(=O)Cc1ccccc1. The number of carbonyl (C=O) groups excluding carboxylic acids is 1. The summed E-state index contributed by atoms with van der Waals surface area (Å²) in [6.07, 6.45) is 3.89. The monoisotopic (exact) mass is 644 g/mol. The standard InChI is InChI=1S/C37H44N2O6S/c1-25(2)22-39(46(42,43)24-27-11-7-4-8-12-27)30-15-14-29-31-21-28-13-16-32(44-33(41)23-40)35-34(28)37(29,36(30)45-35)18-20-38(31)19-17-26-9-5-3-6-10-26/h3-13,16,25,29-31,36,40H,14-15,17-24H2,1-2H3/t29-,30?,31+,36?,37-/m0/s1. The molecule has 5 atom stereocenters. The van der Waals surface area contributed by atoms with E-state index in [1.165, 1.54) is 11.1 Å². The van der Waals surface area contributed by atoms with E-state index in [2.05, 4.69) is 55.1 Å². The molecule has 8 nitrogen and oxygen atoms in total. The van der Waals surface area contributed by atoms with Crippen LogP contribution in [0.15, 0.2) is 72.8 Å². The van der Waals surface area contributed by atoms with E-state index >= 15 is 0 Å². The first-order valence-electron chi connectivity index (χ1n) is 16.7. The molecule has 1 spiro atoms.